The van der Waals surface area contributed by atoms with Crippen LogP contribution in [-0.4, -0.2) is 15.5 Å². The Hall–Kier alpha value is -1.62. The Bertz CT molecular complexity index is 813. The van der Waals surface area contributed by atoms with Crippen LogP contribution >= 0.6 is 11.1 Å². The summed E-state index contributed by atoms with van der Waals surface area (Å²) in [4.78, 5) is 0. The Balaban J connectivity index is 2.29. The normalized spacial score (nSPS) is 12.2. The quantitative estimate of drug-likeness (QED) is 0.367. The SMILES string of the molecule is Cc1cc([Si](C)(C)C)cc([Si](Cl)(c2ccccc2)c2ccccc2)c1. The lowest BCUT2D eigenvalue weighted by Crippen LogP contribution is -2.63. The van der Waals surface area contributed by atoms with E-state index in [0.717, 1.165) is 0 Å². The highest BCUT2D eigenvalue weighted by atomic mass is 35.6. The first-order chi connectivity index (χ1) is 11.8. The summed E-state index contributed by atoms with van der Waals surface area (Å²) in [7, 11) is -3.94. The van der Waals surface area contributed by atoms with Crippen molar-refractivity contribution in [1.29, 1.82) is 0 Å². The number of hydrogen-bond donors (Lipinski definition) is 0. The minimum atomic E-state index is -2.52. The van der Waals surface area contributed by atoms with Gasteiger partial charge in [0.25, 0.3) is 0 Å². The number of halogens is 1. The standard InChI is InChI=1S/C22H25ClSi2/c1-18-15-21(24(2,3)4)17-22(16-18)25(23,19-11-7-5-8-12-19)20-13-9-6-10-14-20/h5-17H,1-4H3. The highest BCUT2D eigenvalue weighted by Crippen LogP contribution is 2.14. The van der Waals surface area contributed by atoms with E-state index in [0.29, 0.717) is 0 Å². The molecule has 0 fully saturated rings. The molecule has 0 N–H and O–H groups in total. The molecule has 0 amide bonds. The van der Waals surface area contributed by atoms with E-state index in [-0.39, 0.29) is 0 Å². The number of rotatable bonds is 4. The van der Waals surface area contributed by atoms with Crippen molar-refractivity contribution >= 4 is 47.3 Å². The first-order valence-electron chi connectivity index (χ1n) is 8.74. The van der Waals surface area contributed by atoms with Crippen molar-refractivity contribution in [2.75, 3.05) is 0 Å². The van der Waals surface area contributed by atoms with Gasteiger partial charge in [0.2, 0.25) is 7.38 Å². The van der Waals surface area contributed by atoms with Crippen LogP contribution in [0.5, 0.6) is 0 Å². The van der Waals surface area contributed by atoms with Gasteiger partial charge in [0.15, 0.2) is 0 Å². The second-order valence-electron chi connectivity index (χ2n) is 7.73. The van der Waals surface area contributed by atoms with Crippen LogP contribution in [-0.2, 0) is 0 Å². The Morgan fingerprint density at radius 3 is 1.48 bits per heavy atom. The molecular weight excluding hydrogens is 356 g/mol. The molecule has 3 aromatic rings. The number of hydrogen-bond acceptors (Lipinski definition) is 0. The fraction of sp³-hybridized carbons (Fsp3) is 0.182. The van der Waals surface area contributed by atoms with E-state index in [1.807, 2.05) is 0 Å². The lowest BCUT2D eigenvalue weighted by atomic mass is 10.2. The fourth-order valence-corrected chi connectivity index (χ4v) is 8.81. The molecule has 0 nitrogen and oxygen atoms in total. The molecule has 0 aliphatic rings. The van der Waals surface area contributed by atoms with Crippen LogP contribution in [0.3, 0.4) is 0 Å². The van der Waals surface area contributed by atoms with Gasteiger partial charge < -0.3 is 0 Å². The molecule has 3 aromatic carbocycles. The summed E-state index contributed by atoms with van der Waals surface area (Å²) in [6, 6.07) is 28.3. The van der Waals surface area contributed by atoms with E-state index in [1.54, 1.807) is 0 Å². The molecule has 0 saturated carbocycles. The highest BCUT2D eigenvalue weighted by Gasteiger charge is 2.38. The topological polar surface area (TPSA) is 0 Å². The zero-order chi connectivity index (χ0) is 18.1. The van der Waals surface area contributed by atoms with Gasteiger partial charge in [0.1, 0.15) is 0 Å². The van der Waals surface area contributed by atoms with E-state index >= 15 is 0 Å². The summed E-state index contributed by atoms with van der Waals surface area (Å²) in [5.74, 6) is 0. The van der Waals surface area contributed by atoms with Crippen LogP contribution in [0.15, 0.2) is 78.9 Å². The summed E-state index contributed by atoms with van der Waals surface area (Å²) >= 11 is 7.56. The molecule has 3 rings (SSSR count). The zero-order valence-corrected chi connectivity index (χ0v) is 18.1. The van der Waals surface area contributed by atoms with Crippen LogP contribution in [0.1, 0.15) is 5.56 Å². The van der Waals surface area contributed by atoms with Crippen molar-refractivity contribution in [3.05, 3.63) is 84.4 Å². The smallest absolute Gasteiger partial charge is 0.149 e. The maximum atomic E-state index is 7.56. The molecule has 0 saturated heterocycles. The van der Waals surface area contributed by atoms with Crippen molar-refractivity contribution in [3.63, 3.8) is 0 Å². The first-order valence-corrected chi connectivity index (χ1v) is 15.3. The Morgan fingerprint density at radius 1 is 0.600 bits per heavy atom. The third kappa shape index (κ3) is 3.66. The predicted octanol–water partition coefficient (Wildman–Crippen LogP) is 3.75. The summed E-state index contributed by atoms with van der Waals surface area (Å²) in [5.41, 5.74) is 1.30. The Labute approximate surface area is 158 Å². The van der Waals surface area contributed by atoms with Crippen molar-refractivity contribution in [1.82, 2.24) is 0 Å². The average molecular weight is 381 g/mol. The molecule has 0 aliphatic carbocycles. The minimum absolute atomic E-state index is 1.25. The lowest BCUT2D eigenvalue weighted by molar-refractivity contribution is 1.50. The van der Waals surface area contributed by atoms with Crippen LogP contribution < -0.4 is 20.7 Å². The van der Waals surface area contributed by atoms with Crippen LogP contribution in [0.4, 0.5) is 0 Å². The summed E-state index contributed by atoms with van der Waals surface area (Å²) in [6.07, 6.45) is 0. The van der Waals surface area contributed by atoms with Gasteiger partial charge in [0, 0.05) is 0 Å². The van der Waals surface area contributed by atoms with Crippen molar-refractivity contribution in [2.45, 2.75) is 26.6 Å². The van der Waals surface area contributed by atoms with Crippen LogP contribution in [0.2, 0.25) is 19.6 Å². The van der Waals surface area contributed by atoms with E-state index < -0.39 is 15.5 Å². The van der Waals surface area contributed by atoms with Gasteiger partial charge in [-0.15, -0.1) is 11.1 Å². The molecular formula is C22H25ClSi2. The summed E-state index contributed by atoms with van der Waals surface area (Å²) in [6.45, 7) is 9.38. The Kier molecular flexibility index (Phi) is 5.05. The monoisotopic (exact) mass is 380 g/mol. The van der Waals surface area contributed by atoms with Crippen LogP contribution in [0, 0.1) is 6.92 Å². The summed E-state index contributed by atoms with van der Waals surface area (Å²) in [5, 5.41) is 5.26. The molecule has 0 radical (unpaired) electrons. The molecule has 0 spiro atoms. The first kappa shape index (κ1) is 18.2. The van der Waals surface area contributed by atoms with Gasteiger partial charge in [-0.05, 0) is 22.5 Å². The van der Waals surface area contributed by atoms with E-state index in [2.05, 4.69) is 105 Å². The third-order valence-corrected chi connectivity index (χ3v) is 12.0. The maximum absolute atomic E-state index is 7.56. The van der Waals surface area contributed by atoms with Gasteiger partial charge in [-0.3, -0.25) is 0 Å². The fourth-order valence-electron chi connectivity index (χ4n) is 3.25. The molecule has 3 heteroatoms. The molecule has 128 valence electrons. The van der Waals surface area contributed by atoms with Gasteiger partial charge >= 0.3 is 0 Å². The molecule has 25 heavy (non-hydrogen) atoms. The molecule has 0 unspecified atom stereocenters. The van der Waals surface area contributed by atoms with Gasteiger partial charge in [-0.1, -0.05) is 109 Å². The summed E-state index contributed by atoms with van der Waals surface area (Å²) < 4.78 is 0. The maximum Gasteiger partial charge on any atom is 0.247 e. The Morgan fingerprint density at radius 2 is 1.04 bits per heavy atom. The van der Waals surface area contributed by atoms with Crippen molar-refractivity contribution in [3.8, 4) is 0 Å². The van der Waals surface area contributed by atoms with E-state index in [1.165, 1.54) is 26.3 Å². The molecule has 0 atom stereocenters. The van der Waals surface area contributed by atoms with Crippen LogP contribution in [0.25, 0.3) is 0 Å². The third-order valence-electron chi connectivity index (χ3n) is 4.68. The van der Waals surface area contributed by atoms with E-state index in [4.69, 9.17) is 11.1 Å². The largest absolute Gasteiger partial charge is 0.247 e. The highest BCUT2D eigenvalue weighted by molar-refractivity contribution is 7.40. The minimum Gasteiger partial charge on any atom is -0.149 e. The van der Waals surface area contributed by atoms with Gasteiger partial charge in [-0.2, -0.15) is 0 Å². The lowest BCUT2D eigenvalue weighted by Gasteiger charge is -2.29. The zero-order valence-electron chi connectivity index (χ0n) is 15.4. The number of benzene rings is 3. The van der Waals surface area contributed by atoms with Crippen molar-refractivity contribution < 1.29 is 0 Å². The van der Waals surface area contributed by atoms with E-state index in [9.17, 15) is 0 Å². The molecule has 0 aliphatic heterocycles. The van der Waals surface area contributed by atoms with Gasteiger partial charge in [-0.25, -0.2) is 0 Å². The second kappa shape index (κ2) is 6.95. The average Bonchev–Trinajstić information content (AvgIpc) is 2.61. The van der Waals surface area contributed by atoms with Gasteiger partial charge in [0.05, 0.1) is 8.07 Å². The van der Waals surface area contributed by atoms with Crippen molar-refractivity contribution in [2.24, 2.45) is 0 Å². The number of aryl methyl sites for hydroxylation is 1. The molecule has 0 bridgehead atoms. The molecule has 0 heterocycles. The predicted molar refractivity (Wildman–Crippen MR) is 118 cm³/mol. The second-order valence-corrected chi connectivity index (χ2v) is 17.6. The molecule has 0 aromatic heterocycles.